The summed E-state index contributed by atoms with van der Waals surface area (Å²) in [6, 6.07) is 10.1. The van der Waals surface area contributed by atoms with E-state index in [4.69, 9.17) is 14.2 Å². The number of nitrogens with one attached hydrogen (secondary N) is 1. The molecule has 0 unspecified atom stereocenters. The number of carbonyl (C=O) groups is 2. The number of ether oxygens (including phenoxy) is 3. The Kier molecular flexibility index (Phi) is 7.65. The highest BCUT2D eigenvalue weighted by molar-refractivity contribution is 7.89. The van der Waals surface area contributed by atoms with Crippen LogP contribution in [-0.4, -0.2) is 58.6 Å². The highest BCUT2D eigenvalue weighted by atomic mass is 32.2. The number of amides is 1. The molecule has 0 radical (unpaired) electrons. The van der Waals surface area contributed by atoms with Crippen LogP contribution in [0.1, 0.15) is 12.0 Å². The van der Waals surface area contributed by atoms with E-state index in [1.54, 1.807) is 12.1 Å². The largest absolute Gasteiger partial charge is 0.490 e. The monoisotopic (exact) mass is 466 g/mol. The van der Waals surface area contributed by atoms with E-state index in [1.165, 1.54) is 42.3 Å². The number of esters is 1. The Hall–Kier alpha value is -3.18. The Morgan fingerprint density at radius 2 is 1.84 bits per heavy atom. The Labute approximate surface area is 185 Å². The third-order valence-corrected chi connectivity index (χ3v) is 5.98. The zero-order valence-electron chi connectivity index (χ0n) is 17.4. The molecule has 2 aromatic carbocycles. The Morgan fingerprint density at radius 3 is 2.59 bits per heavy atom. The molecule has 2 aromatic rings. The molecule has 0 aromatic heterocycles. The van der Waals surface area contributed by atoms with Gasteiger partial charge in [-0.25, -0.2) is 12.8 Å². The molecule has 1 heterocycles. The van der Waals surface area contributed by atoms with Gasteiger partial charge in [0.1, 0.15) is 12.4 Å². The van der Waals surface area contributed by atoms with Crippen molar-refractivity contribution in [2.75, 3.05) is 33.4 Å². The molecule has 11 heteroatoms. The molecular formula is C21H23FN2O7S. The average Bonchev–Trinajstić information content (AvgIpc) is 3.02. The van der Waals surface area contributed by atoms with Crippen LogP contribution in [0.25, 0.3) is 0 Å². The molecule has 0 atom stereocenters. The zero-order chi connectivity index (χ0) is 23.1. The van der Waals surface area contributed by atoms with E-state index < -0.39 is 40.9 Å². The van der Waals surface area contributed by atoms with Crippen molar-refractivity contribution in [3.05, 3.63) is 53.8 Å². The average molecular weight is 466 g/mol. The first kappa shape index (κ1) is 23.5. The molecule has 1 aliphatic rings. The van der Waals surface area contributed by atoms with Crippen LogP contribution in [0.3, 0.4) is 0 Å². The minimum atomic E-state index is -4.02. The van der Waals surface area contributed by atoms with Gasteiger partial charge in [0.15, 0.2) is 18.1 Å². The van der Waals surface area contributed by atoms with Crippen molar-refractivity contribution in [3.8, 4) is 11.5 Å². The molecule has 0 spiro atoms. The smallest absolute Gasteiger partial charge is 0.321 e. The van der Waals surface area contributed by atoms with Crippen molar-refractivity contribution in [3.63, 3.8) is 0 Å². The fourth-order valence-electron chi connectivity index (χ4n) is 2.82. The minimum Gasteiger partial charge on any atom is -0.490 e. The number of hydrogen-bond donors (Lipinski definition) is 1. The Balaban J connectivity index is 1.49. The molecule has 9 nitrogen and oxygen atoms in total. The first-order valence-electron chi connectivity index (χ1n) is 9.78. The second kappa shape index (κ2) is 10.4. The van der Waals surface area contributed by atoms with E-state index >= 15 is 0 Å². The minimum absolute atomic E-state index is 0.000198. The van der Waals surface area contributed by atoms with Crippen LogP contribution in [0.15, 0.2) is 47.4 Å². The number of hydrogen-bond acceptors (Lipinski definition) is 7. The first-order chi connectivity index (χ1) is 15.3. The summed E-state index contributed by atoms with van der Waals surface area (Å²) in [7, 11) is -2.58. The third-order valence-electron chi connectivity index (χ3n) is 4.58. The number of halogens is 1. The summed E-state index contributed by atoms with van der Waals surface area (Å²) in [6.07, 6.45) is 0.676. The number of carbonyl (C=O) groups excluding carboxylic acids is 2. The first-order valence-corrected chi connectivity index (χ1v) is 11.3. The molecule has 1 aliphatic heterocycles. The maximum absolute atomic E-state index is 13.7. The number of rotatable bonds is 8. The van der Waals surface area contributed by atoms with Crippen molar-refractivity contribution in [2.45, 2.75) is 17.9 Å². The fraction of sp³-hybridized carbons (Fsp3) is 0.333. The van der Waals surface area contributed by atoms with Crippen molar-refractivity contribution >= 4 is 21.9 Å². The topological polar surface area (TPSA) is 111 Å². The van der Waals surface area contributed by atoms with Crippen LogP contribution in [0.2, 0.25) is 0 Å². The van der Waals surface area contributed by atoms with Gasteiger partial charge in [-0.15, -0.1) is 0 Å². The molecule has 0 saturated heterocycles. The lowest BCUT2D eigenvalue weighted by Gasteiger charge is -2.17. The van der Waals surface area contributed by atoms with Gasteiger partial charge in [0.25, 0.3) is 5.91 Å². The van der Waals surface area contributed by atoms with Gasteiger partial charge in [0.05, 0.1) is 18.1 Å². The van der Waals surface area contributed by atoms with Crippen LogP contribution in [0.5, 0.6) is 11.5 Å². The van der Waals surface area contributed by atoms with E-state index in [-0.39, 0.29) is 11.4 Å². The van der Waals surface area contributed by atoms with E-state index in [2.05, 4.69) is 4.72 Å². The standard InChI is InChI=1S/C21H23FN2O7S/c1-24(13-15-5-2-3-6-17(15)22)20(25)14-31-21(26)12-23-32(27,28)16-7-8-18-19(11-16)30-10-4-9-29-18/h2-3,5-8,11,23H,4,9-10,12-14H2,1H3. The van der Waals surface area contributed by atoms with Crippen LogP contribution in [-0.2, 0) is 30.9 Å². The second-order valence-electron chi connectivity index (χ2n) is 6.99. The predicted molar refractivity (Wildman–Crippen MR) is 111 cm³/mol. The van der Waals surface area contributed by atoms with Crippen molar-refractivity contribution < 1.29 is 36.6 Å². The lowest BCUT2D eigenvalue weighted by atomic mass is 10.2. The van der Waals surface area contributed by atoms with Crippen molar-refractivity contribution in [1.29, 1.82) is 0 Å². The summed E-state index contributed by atoms with van der Waals surface area (Å²) in [5.74, 6) is -1.20. The maximum atomic E-state index is 13.7. The lowest BCUT2D eigenvalue weighted by Crippen LogP contribution is -2.34. The van der Waals surface area contributed by atoms with Crippen LogP contribution < -0.4 is 14.2 Å². The summed E-state index contributed by atoms with van der Waals surface area (Å²) >= 11 is 0. The summed E-state index contributed by atoms with van der Waals surface area (Å²) < 4.78 is 56.5. The van der Waals surface area contributed by atoms with E-state index in [1.807, 2.05) is 0 Å². The second-order valence-corrected chi connectivity index (χ2v) is 8.75. The Morgan fingerprint density at radius 1 is 1.12 bits per heavy atom. The molecule has 0 aliphatic carbocycles. The number of likely N-dealkylation sites (N-methyl/N-ethyl adjacent to an activating group) is 1. The summed E-state index contributed by atoms with van der Waals surface area (Å²) in [5.41, 5.74) is 0.317. The summed E-state index contributed by atoms with van der Waals surface area (Å²) in [5, 5.41) is 0. The molecule has 3 rings (SSSR count). The number of benzene rings is 2. The number of sulfonamides is 1. The molecule has 0 saturated carbocycles. The van der Waals surface area contributed by atoms with Crippen molar-refractivity contribution in [1.82, 2.24) is 9.62 Å². The zero-order valence-corrected chi connectivity index (χ0v) is 18.2. The molecule has 0 bridgehead atoms. The maximum Gasteiger partial charge on any atom is 0.321 e. The summed E-state index contributed by atoms with van der Waals surface area (Å²) in [4.78, 5) is 25.1. The van der Waals surface area contributed by atoms with Gasteiger partial charge in [-0.3, -0.25) is 9.59 Å². The van der Waals surface area contributed by atoms with E-state index in [0.29, 0.717) is 36.7 Å². The SMILES string of the molecule is CN(Cc1ccccc1F)C(=O)COC(=O)CNS(=O)(=O)c1ccc2c(c1)OCCCO2. The molecule has 32 heavy (non-hydrogen) atoms. The molecule has 172 valence electrons. The molecule has 1 amide bonds. The van der Waals surface area contributed by atoms with Gasteiger partial charge < -0.3 is 19.1 Å². The van der Waals surface area contributed by atoms with Gasteiger partial charge in [-0.05, 0) is 18.2 Å². The molecule has 0 fully saturated rings. The highest BCUT2D eigenvalue weighted by Gasteiger charge is 2.21. The molecular weight excluding hydrogens is 443 g/mol. The lowest BCUT2D eigenvalue weighted by molar-refractivity contribution is -0.150. The van der Waals surface area contributed by atoms with E-state index in [9.17, 15) is 22.4 Å². The van der Waals surface area contributed by atoms with Gasteiger partial charge in [0.2, 0.25) is 10.0 Å². The van der Waals surface area contributed by atoms with Crippen LogP contribution in [0.4, 0.5) is 4.39 Å². The van der Waals surface area contributed by atoms with Gasteiger partial charge in [0, 0.05) is 31.6 Å². The van der Waals surface area contributed by atoms with E-state index in [0.717, 1.165) is 0 Å². The third kappa shape index (κ3) is 6.17. The quantitative estimate of drug-likeness (QED) is 0.587. The van der Waals surface area contributed by atoms with Gasteiger partial charge in [-0.1, -0.05) is 18.2 Å². The van der Waals surface area contributed by atoms with Gasteiger partial charge >= 0.3 is 5.97 Å². The van der Waals surface area contributed by atoms with Crippen molar-refractivity contribution in [2.24, 2.45) is 0 Å². The molecule has 1 N–H and O–H groups in total. The Bertz CT molecular complexity index is 1090. The van der Waals surface area contributed by atoms with Crippen LogP contribution >= 0.6 is 0 Å². The number of nitrogens with zero attached hydrogens (tertiary/aromatic N) is 1. The fourth-order valence-corrected chi connectivity index (χ4v) is 3.81. The predicted octanol–water partition coefficient (Wildman–Crippen LogP) is 1.47. The van der Waals surface area contributed by atoms with Crippen LogP contribution in [0, 0.1) is 5.82 Å². The number of fused-ring (bicyclic) bond motifs is 1. The normalized spacial score (nSPS) is 13.2. The highest BCUT2D eigenvalue weighted by Crippen LogP contribution is 2.31. The summed E-state index contributed by atoms with van der Waals surface area (Å²) in [6.45, 7) is -0.399. The van der Waals surface area contributed by atoms with Gasteiger partial charge in [-0.2, -0.15) is 4.72 Å².